The second-order valence-electron chi connectivity index (χ2n) is 2.77. The molecule has 0 saturated heterocycles. The Morgan fingerprint density at radius 1 is 1.69 bits per heavy atom. The van der Waals surface area contributed by atoms with Crippen molar-refractivity contribution in [2.24, 2.45) is 0 Å². The third kappa shape index (κ3) is 2.74. The van der Waals surface area contributed by atoms with Crippen LogP contribution in [0.4, 0.5) is 4.79 Å². The van der Waals surface area contributed by atoms with Gasteiger partial charge in [-0.3, -0.25) is 4.98 Å². The predicted octanol–water partition coefficient (Wildman–Crippen LogP) is 0.853. The van der Waals surface area contributed by atoms with Crippen LogP contribution in [0.2, 0.25) is 0 Å². The van der Waals surface area contributed by atoms with Crippen LogP contribution in [-0.4, -0.2) is 30.0 Å². The van der Waals surface area contributed by atoms with E-state index in [1.54, 1.807) is 31.4 Å². The minimum Gasteiger partial charge on any atom is -0.341 e. The van der Waals surface area contributed by atoms with Crippen LogP contribution >= 0.6 is 0 Å². The molecule has 70 valence electrons. The second kappa shape index (κ2) is 4.45. The molecule has 0 fully saturated rings. The summed E-state index contributed by atoms with van der Waals surface area (Å²) in [5.41, 5.74) is 1.02. The van der Waals surface area contributed by atoms with Gasteiger partial charge >= 0.3 is 6.03 Å². The zero-order valence-electron chi connectivity index (χ0n) is 7.82. The van der Waals surface area contributed by atoms with E-state index >= 15 is 0 Å². The summed E-state index contributed by atoms with van der Waals surface area (Å²) in [7, 11) is 3.36. The van der Waals surface area contributed by atoms with E-state index in [1.165, 1.54) is 0 Å². The first-order valence-electron chi connectivity index (χ1n) is 4.06. The van der Waals surface area contributed by atoms with Crippen molar-refractivity contribution in [3.05, 3.63) is 30.1 Å². The maximum Gasteiger partial charge on any atom is 0.317 e. The Kier molecular flexibility index (Phi) is 3.25. The average molecular weight is 179 g/mol. The van der Waals surface area contributed by atoms with Crippen LogP contribution in [0.25, 0.3) is 0 Å². The standard InChI is InChI=1S/C9H13N3O/c1-10-9(13)12(2)7-8-4-3-5-11-6-8/h3-6H,7H2,1-2H3,(H,10,13). The highest BCUT2D eigenvalue weighted by atomic mass is 16.2. The molecule has 2 amide bonds. The topological polar surface area (TPSA) is 45.2 Å². The van der Waals surface area contributed by atoms with Crippen molar-refractivity contribution in [3.8, 4) is 0 Å². The number of carbonyl (C=O) groups excluding carboxylic acids is 1. The minimum absolute atomic E-state index is 0.0937. The molecule has 0 aliphatic heterocycles. The zero-order valence-corrected chi connectivity index (χ0v) is 7.82. The van der Waals surface area contributed by atoms with Crippen LogP contribution in [0.1, 0.15) is 5.56 Å². The van der Waals surface area contributed by atoms with Gasteiger partial charge in [0, 0.05) is 33.0 Å². The molecule has 0 atom stereocenters. The average Bonchev–Trinajstić information content (AvgIpc) is 2.18. The van der Waals surface area contributed by atoms with Crippen molar-refractivity contribution >= 4 is 6.03 Å². The van der Waals surface area contributed by atoms with Crippen LogP contribution in [0.15, 0.2) is 24.5 Å². The lowest BCUT2D eigenvalue weighted by atomic mass is 10.3. The van der Waals surface area contributed by atoms with E-state index in [2.05, 4.69) is 10.3 Å². The smallest absolute Gasteiger partial charge is 0.317 e. The SMILES string of the molecule is CNC(=O)N(C)Cc1cccnc1. The van der Waals surface area contributed by atoms with E-state index in [9.17, 15) is 4.79 Å². The number of aromatic nitrogens is 1. The summed E-state index contributed by atoms with van der Waals surface area (Å²) in [4.78, 5) is 16.7. The molecule has 1 heterocycles. The van der Waals surface area contributed by atoms with E-state index in [4.69, 9.17) is 0 Å². The highest BCUT2D eigenvalue weighted by molar-refractivity contribution is 5.73. The van der Waals surface area contributed by atoms with Crippen molar-refractivity contribution in [2.75, 3.05) is 14.1 Å². The third-order valence-electron chi connectivity index (χ3n) is 1.70. The number of hydrogen-bond donors (Lipinski definition) is 1. The van der Waals surface area contributed by atoms with Crippen LogP contribution in [-0.2, 0) is 6.54 Å². The lowest BCUT2D eigenvalue weighted by Crippen LogP contribution is -2.34. The molecule has 0 saturated carbocycles. The molecule has 0 aliphatic carbocycles. The highest BCUT2D eigenvalue weighted by Gasteiger charge is 2.05. The maximum absolute atomic E-state index is 11.1. The molecule has 13 heavy (non-hydrogen) atoms. The summed E-state index contributed by atoms with van der Waals surface area (Å²) in [6.45, 7) is 0.577. The molecule has 4 nitrogen and oxygen atoms in total. The molecule has 0 aliphatic rings. The van der Waals surface area contributed by atoms with Crippen molar-refractivity contribution in [2.45, 2.75) is 6.54 Å². The van der Waals surface area contributed by atoms with Crippen molar-refractivity contribution in [1.82, 2.24) is 15.2 Å². The Hall–Kier alpha value is -1.58. The van der Waals surface area contributed by atoms with E-state index in [-0.39, 0.29) is 6.03 Å². The lowest BCUT2D eigenvalue weighted by molar-refractivity contribution is 0.209. The largest absolute Gasteiger partial charge is 0.341 e. The van der Waals surface area contributed by atoms with Gasteiger partial charge in [0.1, 0.15) is 0 Å². The zero-order chi connectivity index (χ0) is 9.68. The molecule has 0 aromatic carbocycles. The number of rotatable bonds is 2. The number of amides is 2. The monoisotopic (exact) mass is 179 g/mol. The first kappa shape index (κ1) is 9.51. The van der Waals surface area contributed by atoms with Crippen LogP contribution in [0.3, 0.4) is 0 Å². The Labute approximate surface area is 77.6 Å². The molecule has 0 radical (unpaired) electrons. The molecule has 1 N–H and O–H groups in total. The number of urea groups is 1. The second-order valence-corrected chi connectivity index (χ2v) is 2.77. The van der Waals surface area contributed by atoms with Gasteiger partial charge in [0.15, 0.2) is 0 Å². The molecule has 0 spiro atoms. The van der Waals surface area contributed by atoms with Gasteiger partial charge < -0.3 is 10.2 Å². The van der Waals surface area contributed by atoms with E-state index < -0.39 is 0 Å². The lowest BCUT2D eigenvalue weighted by Gasteiger charge is -2.15. The molecule has 4 heteroatoms. The first-order valence-corrected chi connectivity index (χ1v) is 4.06. The van der Waals surface area contributed by atoms with E-state index in [1.807, 2.05) is 12.1 Å². The van der Waals surface area contributed by atoms with Crippen LogP contribution in [0, 0.1) is 0 Å². The molecule has 0 bridgehead atoms. The Morgan fingerprint density at radius 2 is 2.46 bits per heavy atom. The van der Waals surface area contributed by atoms with Crippen molar-refractivity contribution in [3.63, 3.8) is 0 Å². The molecular formula is C9H13N3O. The van der Waals surface area contributed by atoms with Gasteiger partial charge in [-0.2, -0.15) is 0 Å². The van der Waals surface area contributed by atoms with Crippen LogP contribution in [0.5, 0.6) is 0 Å². The van der Waals surface area contributed by atoms with Gasteiger partial charge in [-0.15, -0.1) is 0 Å². The van der Waals surface area contributed by atoms with Gasteiger partial charge in [-0.25, -0.2) is 4.79 Å². The number of hydrogen-bond acceptors (Lipinski definition) is 2. The Balaban J connectivity index is 2.55. The Bertz CT molecular complexity index is 273. The predicted molar refractivity (Wildman–Crippen MR) is 50.2 cm³/mol. The highest BCUT2D eigenvalue weighted by Crippen LogP contribution is 1.99. The number of nitrogens with zero attached hydrogens (tertiary/aromatic N) is 2. The summed E-state index contributed by atoms with van der Waals surface area (Å²) >= 11 is 0. The summed E-state index contributed by atoms with van der Waals surface area (Å²) in [6.07, 6.45) is 3.46. The summed E-state index contributed by atoms with van der Waals surface area (Å²) < 4.78 is 0. The third-order valence-corrected chi connectivity index (χ3v) is 1.70. The molecule has 1 rings (SSSR count). The molecule has 0 unspecified atom stereocenters. The Morgan fingerprint density at radius 3 is 3.00 bits per heavy atom. The summed E-state index contributed by atoms with van der Waals surface area (Å²) in [6, 6.07) is 3.70. The van der Waals surface area contributed by atoms with Crippen molar-refractivity contribution < 1.29 is 4.79 Å². The van der Waals surface area contributed by atoms with Gasteiger partial charge in [0.2, 0.25) is 0 Å². The summed E-state index contributed by atoms with van der Waals surface area (Å²) in [5, 5.41) is 2.55. The van der Waals surface area contributed by atoms with Gasteiger partial charge in [0.25, 0.3) is 0 Å². The molecule has 1 aromatic rings. The normalized spacial score (nSPS) is 9.38. The number of carbonyl (C=O) groups is 1. The number of pyridine rings is 1. The maximum atomic E-state index is 11.1. The van der Waals surface area contributed by atoms with Gasteiger partial charge in [0.05, 0.1) is 0 Å². The minimum atomic E-state index is -0.0937. The first-order chi connectivity index (χ1) is 6.24. The number of nitrogens with one attached hydrogen (secondary N) is 1. The van der Waals surface area contributed by atoms with Crippen molar-refractivity contribution in [1.29, 1.82) is 0 Å². The summed E-state index contributed by atoms with van der Waals surface area (Å²) in [5.74, 6) is 0. The van der Waals surface area contributed by atoms with Gasteiger partial charge in [-0.1, -0.05) is 6.07 Å². The fourth-order valence-corrected chi connectivity index (χ4v) is 1.03. The van der Waals surface area contributed by atoms with E-state index in [0.29, 0.717) is 6.54 Å². The quantitative estimate of drug-likeness (QED) is 0.731. The fourth-order valence-electron chi connectivity index (χ4n) is 1.03. The van der Waals surface area contributed by atoms with E-state index in [0.717, 1.165) is 5.56 Å². The fraction of sp³-hybridized carbons (Fsp3) is 0.333. The molecular weight excluding hydrogens is 166 g/mol. The van der Waals surface area contributed by atoms with Crippen LogP contribution < -0.4 is 5.32 Å². The van der Waals surface area contributed by atoms with Gasteiger partial charge in [-0.05, 0) is 11.6 Å². The molecule has 1 aromatic heterocycles.